The van der Waals surface area contributed by atoms with E-state index in [-0.39, 0.29) is 11.1 Å². The van der Waals surface area contributed by atoms with Crippen LogP contribution in [0.5, 0.6) is 11.5 Å². The number of rotatable bonds is 9. The van der Waals surface area contributed by atoms with E-state index < -0.39 is 7.60 Å². The quantitative estimate of drug-likeness (QED) is 0.108. The monoisotopic (exact) mass is 756 g/mol. The van der Waals surface area contributed by atoms with Gasteiger partial charge in [-0.25, -0.2) is 0 Å². The van der Waals surface area contributed by atoms with Gasteiger partial charge in [-0.1, -0.05) is 12.1 Å². The summed E-state index contributed by atoms with van der Waals surface area (Å²) in [7, 11) is -1.33. The lowest BCUT2D eigenvalue weighted by atomic mass is 10.0. The van der Waals surface area contributed by atoms with Crippen LogP contribution in [0.25, 0.3) is 41.1 Å². The maximum Gasteiger partial charge on any atom is 0.350 e. The SMILES string of the molecule is COc1ccc(N(c2ccc(OC)cc2)c2ccc(-c3ccc(-c4cc5c(s4)-c4sc(/C(C#N)=C/P(=O)(O)O)cc4C5=C(C#N)C#N)s3)cc2)cc1. The maximum atomic E-state index is 11.7. The van der Waals surface area contributed by atoms with Crippen molar-refractivity contribution in [2.24, 2.45) is 0 Å². The molecule has 2 N–H and O–H groups in total. The van der Waals surface area contributed by atoms with Gasteiger partial charge in [-0.3, -0.25) is 4.57 Å². The number of anilines is 3. The first-order valence-electron chi connectivity index (χ1n) is 15.5. The number of methoxy groups -OCH3 is 2. The number of nitrogens with zero attached hydrogens (tertiary/aromatic N) is 4. The summed E-state index contributed by atoms with van der Waals surface area (Å²) >= 11 is 4.33. The Balaban J connectivity index is 1.22. The van der Waals surface area contributed by atoms with Crippen molar-refractivity contribution in [3.63, 3.8) is 0 Å². The van der Waals surface area contributed by atoms with Gasteiger partial charge in [0.05, 0.1) is 29.5 Å². The Morgan fingerprint density at radius 1 is 0.673 bits per heavy atom. The summed E-state index contributed by atoms with van der Waals surface area (Å²) in [5.74, 6) is 2.18. The van der Waals surface area contributed by atoms with Crippen LogP contribution >= 0.6 is 41.6 Å². The Morgan fingerprint density at radius 2 is 1.19 bits per heavy atom. The van der Waals surface area contributed by atoms with Crippen LogP contribution < -0.4 is 14.4 Å². The van der Waals surface area contributed by atoms with E-state index in [2.05, 4.69) is 35.2 Å². The topological polar surface area (TPSA) is 151 Å². The summed E-state index contributed by atoms with van der Waals surface area (Å²) in [5, 5.41) is 29.3. The molecule has 3 aromatic carbocycles. The molecule has 0 saturated carbocycles. The highest BCUT2D eigenvalue weighted by atomic mass is 32.1. The van der Waals surface area contributed by atoms with E-state index in [9.17, 15) is 30.1 Å². The number of hydrogen-bond donors (Lipinski definition) is 2. The van der Waals surface area contributed by atoms with Crippen molar-refractivity contribution in [2.45, 2.75) is 0 Å². The van der Waals surface area contributed by atoms with Gasteiger partial charge in [-0.05, 0) is 90.5 Å². The van der Waals surface area contributed by atoms with Crippen LogP contribution in [0, 0.1) is 34.0 Å². The number of nitriles is 3. The zero-order valence-electron chi connectivity index (χ0n) is 27.4. The first-order chi connectivity index (χ1) is 25.1. The number of benzene rings is 3. The van der Waals surface area contributed by atoms with Gasteiger partial charge in [0.15, 0.2) is 0 Å². The summed E-state index contributed by atoms with van der Waals surface area (Å²) in [4.78, 5) is 26.0. The molecule has 0 aliphatic heterocycles. The second-order valence-corrected chi connectivity index (χ2v) is 16.0. The molecule has 0 amide bonds. The molecule has 0 saturated heterocycles. The molecule has 1 aliphatic rings. The number of fused-ring (bicyclic) bond motifs is 3. The molecule has 0 spiro atoms. The third kappa shape index (κ3) is 6.57. The zero-order valence-corrected chi connectivity index (χ0v) is 30.7. The molecule has 0 unspecified atom stereocenters. The van der Waals surface area contributed by atoms with E-state index in [1.807, 2.05) is 78.9 Å². The van der Waals surface area contributed by atoms with Crippen LogP contribution in [0.15, 0.2) is 108 Å². The highest BCUT2D eigenvalue weighted by Crippen LogP contribution is 2.56. The van der Waals surface area contributed by atoms with Gasteiger partial charge in [0.1, 0.15) is 35.3 Å². The van der Waals surface area contributed by atoms with Crippen LogP contribution in [0.1, 0.15) is 16.0 Å². The van der Waals surface area contributed by atoms with E-state index in [4.69, 9.17) is 9.47 Å². The van der Waals surface area contributed by atoms with Crippen LogP contribution in [-0.2, 0) is 4.57 Å². The fourth-order valence-corrected chi connectivity index (χ4v) is 10.1. The lowest BCUT2D eigenvalue weighted by molar-refractivity contribution is 0.386. The van der Waals surface area contributed by atoms with Crippen LogP contribution in [-0.4, -0.2) is 24.0 Å². The fraction of sp³-hybridized carbons (Fsp3) is 0.0513. The predicted octanol–water partition coefficient (Wildman–Crippen LogP) is 10.6. The molecule has 254 valence electrons. The number of ether oxygens (including phenoxy) is 2. The van der Waals surface area contributed by atoms with Gasteiger partial charge < -0.3 is 24.2 Å². The summed E-state index contributed by atoms with van der Waals surface area (Å²) < 4.78 is 22.4. The Bertz CT molecular complexity index is 2510. The summed E-state index contributed by atoms with van der Waals surface area (Å²) in [6.45, 7) is 0. The molecule has 13 heteroatoms. The van der Waals surface area contributed by atoms with Gasteiger partial charge in [-0.15, -0.1) is 34.0 Å². The van der Waals surface area contributed by atoms with Crippen LogP contribution in [0.3, 0.4) is 0 Å². The van der Waals surface area contributed by atoms with E-state index in [0.717, 1.165) is 64.1 Å². The lowest BCUT2D eigenvalue weighted by Gasteiger charge is -2.26. The first-order valence-corrected chi connectivity index (χ1v) is 19.6. The summed E-state index contributed by atoms with van der Waals surface area (Å²) in [6, 6.07) is 37.7. The van der Waals surface area contributed by atoms with Gasteiger partial charge >= 0.3 is 7.60 Å². The molecule has 0 radical (unpaired) electrons. The molecule has 0 bridgehead atoms. The maximum absolute atomic E-state index is 11.7. The number of hydrogen-bond acceptors (Lipinski definition) is 10. The largest absolute Gasteiger partial charge is 0.497 e. The molecule has 6 aromatic rings. The van der Waals surface area contributed by atoms with Gasteiger partial charge in [-0.2, -0.15) is 15.8 Å². The average Bonchev–Trinajstić information content (AvgIpc) is 3.95. The van der Waals surface area contributed by atoms with E-state index in [1.165, 1.54) is 22.7 Å². The van der Waals surface area contributed by atoms with Crippen molar-refractivity contribution in [3.8, 4) is 59.7 Å². The van der Waals surface area contributed by atoms with Crippen molar-refractivity contribution in [2.75, 3.05) is 19.1 Å². The second kappa shape index (κ2) is 14.1. The molecule has 0 atom stereocenters. The van der Waals surface area contributed by atoms with Crippen molar-refractivity contribution < 1.29 is 23.8 Å². The number of allylic oxidation sites excluding steroid dienone is 2. The van der Waals surface area contributed by atoms with Gasteiger partial charge in [0.2, 0.25) is 0 Å². The van der Waals surface area contributed by atoms with Crippen LogP contribution in [0.2, 0.25) is 0 Å². The summed E-state index contributed by atoms with van der Waals surface area (Å²) in [6.07, 6.45) is 0. The predicted molar refractivity (Wildman–Crippen MR) is 207 cm³/mol. The van der Waals surface area contributed by atoms with E-state index in [0.29, 0.717) is 21.8 Å². The minimum Gasteiger partial charge on any atom is -0.497 e. The highest BCUT2D eigenvalue weighted by molar-refractivity contribution is 7.55. The number of thiophene rings is 3. The van der Waals surface area contributed by atoms with E-state index in [1.54, 1.807) is 31.6 Å². The Kier molecular flexibility index (Phi) is 9.42. The van der Waals surface area contributed by atoms with Crippen molar-refractivity contribution in [1.29, 1.82) is 15.8 Å². The molecular formula is C39H25N4O5PS3. The smallest absolute Gasteiger partial charge is 0.350 e. The molecular weight excluding hydrogens is 732 g/mol. The molecule has 3 heterocycles. The van der Waals surface area contributed by atoms with E-state index >= 15 is 0 Å². The minimum absolute atomic E-state index is 0.0727. The second-order valence-electron chi connectivity index (χ2n) is 11.4. The van der Waals surface area contributed by atoms with Gasteiger partial charge in [0, 0.05) is 59.1 Å². The molecule has 1 aliphatic carbocycles. The van der Waals surface area contributed by atoms with Gasteiger partial charge in [0.25, 0.3) is 0 Å². The first kappa shape index (κ1) is 34.7. The molecule has 52 heavy (non-hydrogen) atoms. The molecule has 0 fully saturated rings. The molecule has 3 aromatic heterocycles. The Morgan fingerprint density at radius 3 is 1.71 bits per heavy atom. The van der Waals surface area contributed by atoms with Crippen LogP contribution in [0.4, 0.5) is 17.1 Å². The lowest BCUT2D eigenvalue weighted by Crippen LogP contribution is -2.09. The third-order valence-corrected chi connectivity index (χ3v) is 12.7. The normalized spacial score (nSPS) is 11.9. The third-order valence-electron chi connectivity index (χ3n) is 8.29. The Labute approximate surface area is 311 Å². The minimum atomic E-state index is -4.61. The van der Waals surface area contributed by atoms with Crippen molar-refractivity contribution in [3.05, 3.63) is 124 Å². The zero-order chi connectivity index (χ0) is 36.6. The molecule has 9 nitrogen and oxygen atoms in total. The highest BCUT2D eigenvalue weighted by Gasteiger charge is 2.33. The van der Waals surface area contributed by atoms with Crippen molar-refractivity contribution in [1.82, 2.24) is 0 Å². The summed E-state index contributed by atoms with van der Waals surface area (Å²) in [5.41, 5.74) is 5.52. The fourth-order valence-electron chi connectivity index (χ4n) is 5.92. The van der Waals surface area contributed by atoms with Crippen molar-refractivity contribution >= 4 is 69.8 Å². The average molecular weight is 757 g/mol. The molecule has 7 rings (SSSR count). The Hall–Kier alpha value is -5.74. The standard InChI is InChI=1S/C39H25N4O5PS3/c1-47-29-11-7-27(8-12-29)43(28-9-13-30(48-2)14-10-28)26-5-3-23(4-6-26)33-15-16-34(50-33)36-18-32-37(24(19-40)20-41)31-17-35(51-38(31)39(32)52-36)25(21-42)22-49(44,45)46/h3-18,22H,1-2H3,(H2,44,45,46)/b25-22+.